The summed E-state index contributed by atoms with van der Waals surface area (Å²) in [6, 6.07) is 3.22. The van der Waals surface area contributed by atoms with E-state index >= 15 is 0 Å². The number of amides is 1. The molecule has 0 heterocycles. The average molecular weight is 290 g/mol. The van der Waals surface area contributed by atoms with E-state index in [9.17, 15) is 4.79 Å². The van der Waals surface area contributed by atoms with E-state index in [2.05, 4.69) is 0 Å². The van der Waals surface area contributed by atoms with Crippen molar-refractivity contribution in [1.29, 1.82) is 0 Å². The summed E-state index contributed by atoms with van der Waals surface area (Å²) in [6.07, 6.45) is 1.61. The third-order valence-corrected chi connectivity index (χ3v) is 3.96. The van der Waals surface area contributed by atoms with Crippen LogP contribution in [0.5, 0.6) is 5.75 Å². The fourth-order valence-corrected chi connectivity index (χ4v) is 1.91. The number of carbonyl (C=O) groups is 1. The lowest BCUT2D eigenvalue weighted by Crippen LogP contribution is -2.31. The van der Waals surface area contributed by atoms with Crippen molar-refractivity contribution in [2.75, 3.05) is 0 Å². The van der Waals surface area contributed by atoms with Gasteiger partial charge in [0.25, 0.3) is 5.91 Å². The SMILES string of the molecule is CCC(C)(CC)Oc1ccc(Cl)c(Cl)c1C(N)=O. The first-order valence-electron chi connectivity index (χ1n) is 5.81. The number of rotatable bonds is 5. The van der Waals surface area contributed by atoms with E-state index < -0.39 is 5.91 Å². The Labute approximate surface area is 117 Å². The maximum absolute atomic E-state index is 11.5. The van der Waals surface area contributed by atoms with E-state index in [4.69, 9.17) is 33.7 Å². The van der Waals surface area contributed by atoms with Crippen LogP contribution in [0, 0.1) is 0 Å². The van der Waals surface area contributed by atoms with Crippen molar-refractivity contribution in [1.82, 2.24) is 0 Å². The van der Waals surface area contributed by atoms with Gasteiger partial charge in [-0.3, -0.25) is 4.79 Å². The minimum atomic E-state index is -0.646. The van der Waals surface area contributed by atoms with Crippen LogP contribution in [-0.4, -0.2) is 11.5 Å². The molecule has 0 aliphatic carbocycles. The molecule has 1 aromatic rings. The molecule has 1 amide bonds. The predicted octanol–water partition coefficient (Wildman–Crippen LogP) is 4.05. The van der Waals surface area contributed by atoms with Crippen LogP contribution in [0.3, 0.4) is 0 Å². The van der Waals surface area contributed by atoms with E-state index in [1.54, 1.807) is 12.1 Å². The molecule has 2 N–H and O–H groups in total. The minimum absolute atomic E-state index is 0.135. The second-order valence-corrected chi connectivity index (χ2v) is 5.14. The normalized spacial score (nSPS) is 11.4. The Morgan fingerprint density at radius 2 is 1.89 bits per heavy atom. The van der Waals surface area contributed by atoms with Gasteiger partial charge in [-0.25, -0.2) is 0 Å². The van der Waals surface area contributed by atoms with E-state index in [1.165, 1.54) is 0 Å². The van der Waals surface area contributed by atoms with Crippen molar-refractivity contribution < 1.29 is 9.53 Å². The Morgan fingerprint density at radius 1 is 1.33 bits per heavy atom. The number of ether oxygens (including phenoxy) is 1. The first kappa shape index (κ1) is 15.1. The maximum Gasteiger partial charge on any atom is 0.254 e. The van der Waals surface area contributed by atoms with Crippen LogP contribution in [0.15, 0.2) is 12.1 Å². The van der Waals surface area contributed by atoms with Gasteiger partial charge >= 0.3 is 0 Å². The molecule has 0 aliphatic heterocycles. The molecule has 0 unspecified atom stereocenters. The second kappa shape index (κ2) is 5.81. The number of hydrogen-bond acceptors (Lipinski definition) is 2. The summed E-state index contributed by atoms with van der Waals surface area (Å²) < 4.78 is 5.88. The Hall–Kier alpha value is -0.930. The molecule has 0 atom stereocenters. The third-order valence-electron chi connectivity index (χ3n) is 3.16. The Balaban J connectivity index is 3.25. The topological polar surface area (TPSA) is 52.3 Å². The van der Waals surface area contributed by atoms with Gasteiger partial charge in [0, 0.05) is 0 Å². The van der Waals surface area contributed by atoms with Crippen LogP contribution < -0.4 is 10.5 Å². The van der Waals surface area contributed by atoms with Crippen molar-refractivity contribution >= 4 is 29.1 Å². The summed E-state index contributed by atoms with van der Waals surface area (Å²) in [6.45, 7) is 6.01. The number of carbonyl (C=O) groups excluding carboxylic acids is 1. The molecular weight excluding hydrogens is 273 g/mol. The highest BCUT2D eigenvalue weighted by Gasteiger charge is 2.25. The summed E-state index contributed by atoms with van der Waals surface area (Å²) in [7, 11) is 0. The molecule has 1 rings (SSSR count). The summed E-state index contributed by atoms with van der Waals surface area (Å²) in [5, 5.41) is 0.420. The van der Waals surface area contributed by atoms with Gasteiger partial charge in [0.05, 0.1) is 10.0 Å². The smallest absolute Gasteiger partial charge is 0.254 e. The van der Waals surface area contributed by atoms with Crippen molar-refractivity contribution in [3.63, 3.8) is 0 Å². The van der Waals surface area contributed by atoms with Gasteiger partial charge in [0.15, 0.2) is 0 Å². The maximum atomic E-state index is 11.5. The molecule has 100 valence electrons. The van der Waals surface area contributed by atoms with Gasteiger partial charge in [0.2, 0.25) is 0 Å². The second-order valence-electron chi connectivity index (χ2n) is 4.36. The van der Waals surface area contributed by atoms with Gasteiger partial charge in [0.1, 0.15) is 16.9 Å². The number of hydrogen-bond donors (Lipinski definition) is 1. The van der Waals surface area contributed by atoms with Gasteiger partial charge in [-0.05, 0) is 31.9 Å². The lowest BCUT2D eigenvalue weighted by atomic mass is 10.00. The molecule has 3 nitrogen and oxygen atoms in total. The number of halogens is 2. The Morgan fingerprint density at radius 3 is 2.33 bits per heavy atom. The van der Waals surface area contributed by atoms with E-state index in [-0.39, 0.29) is 21.2 Å². The van der Waals surface area contributed by atoms with Crippen molar-refractivity contribution in [3.8, 4) is 5.75 Å². The first-order valence-corrected chi connectivity index (χ1v) is 6.57. The molecule has 0 bridgehead atoms. The summed E-state index contributed by atoms with van der Waals surface area (Å²) in [4.78, 5) is 11.5. The van der Waals surface area contributed by atoms with Crippen molar-refractivity contribution in [2.24, 2.45) is 5.73 Å². The first-order chi connectivity index (χ1) is 8.34. The molecular formula is C13H17Cl2NO2. The van der Waals surface area contributed by atoms with Gasteiger partial charge in [-0.15, -0.1) is 0 Å². The molecule has 1 aromatic carbocycles. The molecule has 0 fully saturated rings. The molecule has 0 saturated carbocycles. The standard InChI is InChI=1S/C13H17Cl2NO2/c1-4-13(3,5-2)18-9-7-6-8(14)11(15)10(9)12(16)17/h6-7H,4-5H2,1-3H3,(H2,16,17). The Kier molecular flexibility index (Phi) is 4.88. The largest absolute Gasteiger partial charge is 0.487 e. The van der Waals surface area contributed by atoms with Crippen LogP contribution in [0.1, 0.15) is 44.0 Å². The van der Waals surface area contributed by atoms with Gasteiger partial charge < -0.3 is 10.5 Å². The predicted molar refractivity (Wildman–Crippen MR) is 74.6 cm³/mol. The highest BCUT2D eigenvalue weighted by Crippen LogP contribution is 2.35. The fraction of sp³-hybridized carbons (Fsp3) is 0.462. The number of benzene rings is 1. The summed E-state index contributed by atoms with van der Waals surface area (Å²) >= 11 is 11.9. The highest BCUT2D eigenvalue weighted by molar-refractivity contribution is 6.44. The molecule has 5 heteroatoms. The highest BCUT2D eigenvalue weighted by atomic mass is 35.5. The molecule has 0 aliphatic rings. The van der Waals surface area contributed by atoms with Crippen LogP contribution >= 0.6 is 23.2 Å². The quantitative estimate of drug-likeness (QED) is 0.889. The van der Waals surface area contributed by atoms with Crippen molar-refractivity contribution in [3.05, 3.63) is 27.7 Å². The zero-order chi connectivity index (χ0) is 13.9. The van der Waals surface area contributed by atoms with Crippen molar-refractivity contribution in [2.45, 2.75) is 39.2 Å². The molecule has 0 saturated heterocycles. The van der Waals surface area contributed by atoms with Crippen LogP contribution in [0.2, 0.25) is 10.0 Å². The van der Waals surface area contributed by atoms with Crippen LogP contribution in [0.25, 0.3) is 0 Å². The molecule has 0 radical (unpaired) electrons. The summed E-state index contributed by atoms with van der Waals surface area (Å²) in [5.74, 6) is -0.268. The zero-order valence-corrected chi connectivity index (χ0v) is 12.2. The van der Waals surface area contributed by atoms with Gasteiger partial charge in [-0.2, -0.15) is 0 Å². The van der Waals surface area contributed by atoms with Crippen LogP contribution in [-0.2, 0) is 0 Å². The number of nitrogens with two attached hydrogens (primary N) is 1. The molecule has 18 heavy (non-hydrogen) atoms. The monoisotopic (exact) mass is 289 g/mol. The van der Waals surface area contributed by atoms with E-state index in [0.717, 1.165) is 12.8 Å². The lowest BCUT2D eigenvalue weighted by Gasteiger charge is -2.29. The average Bonchev–Trinajstić information content (AvgIpc) is 2.33. The molecule has 0 aromatic heterocycles. The minimum Gasteiger partial charge on any atom is -0.487 e. The van der Waals surface area contributed by atoms with E-state index in [1.807, 2.05) is 20.8 Å². The third kappa shape index (κ3) is 3.09. The molecule has 0 spiro atoms. The lowest BCUT2D eigenvalue weighted by molar-refractivity contribution is 0.0773. The number of primary amides is 1. The van der Waals surface area contributed by atoms with Gasteiger partial charge in [-0.1, -0.05) is 37.0 Å². The summed E-state index contributed by atoms with van der Waals surface area (Å²) in [5.41, 5.74) is 5.10. The fourth-order valence-electron chi connectivity index (χ4n) is 1.51. The van der Waals surface area contributed by atoms with E-state index in [0.29, 0.717) is 5.75 Å². The Bertz CT molecular complexity index is 457. The van der Waals surface area contributed by atoms with Crippen LogP contribution in [0.4, 0.5) is 0 Å². The zero-order valence-electron chi connectivity index (χ0n) is 10.7.